The summed E-state index contributed by atoms with van der Waals surface area (Å²) >= 11 is 0. The molecular weight excluding hydrogens is 244 g/mol. The lowest BCUT2D eigenvalue weighted by Crippen LogP contribution is -2.49. The lowest BCUT2D eigenvalue weighted by molar-refractivity contribution is -0.0692. The van der Waals surface area contributed by atoms with E-state index in [2.05, 4.69) is 10.2 Å². The number of phenols is 1. The Balaban J connectivity index is 1.89. The zero-order chi connectivity index (χ0) is 13.8. The van der Waals surface area contributed by atoms with Crippen molar-refractivity contribution in [2.45, 2.75) is 26.1 Å². The van der Waals surface area contributed by atoms with Crippen LogP contribution in [0.25, 0.3) is 0 Å². The van der Waals surface area contributed by atoms with E-state index in [4.69, 9.17) is 4.74 Å². The molecule has 0 aliphatic carbocycles. The Morgan fingerprint density at radius 1 is 1.37 bits per heavy atom. The van der Waals surface area contributed by atoms with Crippen LogP contribution in [0.5, 0.6) is 5.75 Å². The second-order valence-corrected chi connectivity index (χ2v) is 4.97. The summed E-state index contributed by atoms with van der Waals surface area (Å²) in [5.74, 6) is -0.256. The Kier molecular flexibility index (Phi) is 4.39. The van der Waals surface area contributed by atoms with Gasteiger partial charge in [0, 0.05) is 13.1 Å². The predicted octanol–water partition coefficient (Wildman–Crippen LogP) is 1.19. The molecule has 104 valence electrons. The van der Waals surface area contributed by atoms with Crippen LogP contribution in [0.3, 0.4) is 0 Å². The fourth-order valence-electron chi connectivity index (χ4n) is 2.36. The SMILES string of the molecule is C[C@H]1CN(CNC(=O)c2ccccc2O)C[C@H](C)O1. The molecule has 1 aliphatic rings. The highest BCUT2D eigenvalue weighted by Crippen LogP contribution is 2.15. The number of carbonyl (C=O) groups excluding carboxylic acids is 1. The highest BCUT2D eigenvalue weighted by atomic mass is 16.5. The normalized spacial score (nSPS) is 24.1. The molecule has 1 fully saturated rings. The molecule has 5 heteroatoms. The highest BCUT2D eigenvalue weighted by Gasteiger charge is 2.22. The molecule has 2 rings (SSSR count). The molecular formula is C14H20N2O3. The molecule has 0 spiro atoms. The van der Waals surface area contributed by atoms with Crippen LogP contribution in [-0.4, -0.2) is 47.9 Å². The van der Waals surface area contributed by atoms with Gasteiger partial charge in [-0.25, -0.2) is 0 Å². The molecule has 0 radical (unpaired) electrons. The van der Waals surface area contributed by atoms with Crippen molar-refractivity contribution in [1.29, 1.82) is 0 Å². The van der Waals surface area contributed by atoms with Crippen molar-refractivity contribution >= 4 is 5.91 Å². The summed E-state index contributed by atoms with van der Waals surface area (Å²) in [4.78, 5) is 14.1. The molecule has 1 heterocycles. The van der Waals surface area contributed by atoms with Crippen molar-refractivity contribution in [1.82, 2.24) is 10.2 Å². The third-order valence-electron chi connectivity index (χ3n) is 3.11. The number of ether oxygens (including phenoxy) is 1. The van der Waals surface area contributed by atoms with Crippen LogP contribution in [-0.2, 0) is 4.74 Å². The van der Waals surface area contributed by atoms with Gasteiger partial charge in [-0.2, -0.15) is 0 Å². The van der Waals surface area contributed by atoms with E-state index in [-0.39, 0.29) is 23.9 Å². The minimum absolute atomic E-state index is 0.00344. The van der Waals surface area contributed by atoms with Crippen molar-refractivity contribution in [2.24, 2.45) is 0 Å². The lowest BCUT2D eigenvalue weighted by atomic mass is 10.2. The molecule has 1 aromatic rings. The summed E-state index contributed by atoms with van der Waals surface area (Å²) in [6, 6.07) is 6.54. The molecule has 0 aromatic heterocycles. The number of aromatic hydroxyl groups is 1. The molecule has 1 amide bonds. The summed E-state index contributed by atoms with van der Waals surface area (Å²) in [5.41, 5.74) is 0.303. The van der Waals surface area contributed by atoms with Crippen LogP contribution in [0.2, 0.25) is 0 Å². The Labute approximate surface area is 113 Å². The van der Waals surface area contributed by atoms with Crippen molar-refractivity contribution in [3.05, 3.63) is 29.8 Å². The quantitative estimate of drug-likeness (QED) is 0.861. The van der Waals surface area contributed by atoms with Crippen LogP contribution >= 0.6 is 0 Å². The number of amides is 1. The number of hydrogen-bond donors (Lipinski definition) is 2. The summed E-state index contributed by atoms with van der Waals surface area (Å²) in [6.45, 7) is 6.10. The van der Waals surface area contributed by atoms with Crippen LogP contribution in [0.15, 0.2) is 24.3 Å². The molecule has 0 bridgehead atoms. The van der Waals surface area contributed by atoms with Gasteiger partial charge in [0.15, 0.2) is 0 Å². The average molecular weight is 264 g/mol. The third kappa shape index (κ3) is 3.68. The van der Waals surface area contributed by atoms with Gasteiger partial charge >= 0.3 is 0 Å². The monoisotopic (exact) mass is 264 g/mol. The van der Waals surface area contributed by atoms with Crippen molar-refractivity contribution < 1.29 is 14.6 Å². The van der Waals surface area contributed by atoms with E-state index in [0.717, 1.165) is 13.1 Å². The molecule has 1 saturated heterocycles. The summed E-state index contributed by atoms with van der Waals surface area (Å²) in [6.07, 6.45) is 0.344. The minimum Gasteiger partial charge on any atom is -0.507 e. The topological polar surface area (TPSA) is 61.8 Å². The number of hydrogen-bond acceptors (Lipinski definition) is 4. The Morgan fingerprint density at radius 2 is 2.00 bits per heavy atom. The van der Waals surface area contributed by atoms with Gasteiger partial charge in [0.1, 0.15) is 5.75 Å². The van der Waals surface area contributed by atoms with Gasteiger partial charge < -0.3 is 15.2 Å². The minimum atomic E-state index is -0.259. The number of para-hydroxylation sites is 1. The second-order valence-electron chi connectivity index (χ2n) is 4.97. The van der Waals surface area contributed by atoms with Crippen molar-refractivity contribution in [3.63, 3.8) is 0 Å². The van der Waals surface area contributed by atoms with E-state index in [9.17, 15) is 9.90 Å². The van der Waals surface area contributed by atoms with E-state index in [1.54, 1.807) is 18.2 Å². The summed E-state index contributed by atoms with van der Waals surface area (Å²) < 4.78 is 5.63. The van der Waals surface area contributed by atoms with Crippen LogP contribution in [0.1, 0.15) is 24.2 Å². The standard InChI is InChI=1S/C14H20N2O3/c1-10-7-16(8-11(2)19-10)9-15-14(18)12-5-3-4-6-13(12)17/h3-6,10-11,17H,7-9H2,1-2H3,(H,15,18)/t10-,11-/m0/s1. The van der Waals surface area contributed by atoms with E-state index in [1.807, 2.05) is 13.8 Å². The number of carbonyl (C=O) groups is 1. The van der Waals surface area contributed by atoms with E-state index < -0.39 is 0 Å². The molecule has 1 aromatic carbocycles. The number of benzene rings is 1. The van der Waals surface area contributed by atoms with Crippen LogP contribution in [0.4, 0.5) is 0 Å². The third-order valence-corrected chi connectivity index (χ3v) is 3.11. The van der Waals surface area contributed by atoms with Gasteiger partial charge in [0.05, 0.1) is 24.4 Å². The van der Waals surface area contributed by atoms with Crippen molar-refractivity contribution in [2.75, 3.05) is 19.8 Å². The molecule has 2 atom stereocenters. The Bertz CT molecular complexity index is 440. The van der Waals surface area contributed by atoms with E-state index >= 15 is 0 Å². The largest absolute Gasteiger partial charge is 0.507 e. The zero-order valence-electron chi connectivity index (χ0n) is 11.3. The molecule has 5 nitrogen and oxygen atoms in total. The average Bonchev–Trinajstić information content (AvgIpc) is 2.35. The van der Waals surface area contributed by atoms with Gasteiger partial charge in [-0.1, -0.05) is 12.1 Å². The highest BCUT2D eigenvalue weighted by molar-refractivity contribution is 5.96. The smallest absolute Gasteiger partial charge is 0.256 e. The maximum Gasteiger partial charge on any atom is 0.256 e. The van der Waals surface area contributed by atoms with Gasteiger partial charge in [0.25, 0.3) is 5.91 Å². The Morgan fingerprint density at radius 3 is 2.63 bits per heavy atom. The molecule has 19 heavy (non-hydrogen) atoms. The first-order chi connectivity index (χ1) is 9.06. The van der Waals surface area contributed by atoms with Gasteiger partial charge in [-0.15, -0.1) is 0 Å². The first kappa shape index (κ1) is 13.8. The molecule has 1 aliphatic heterocycles. The van der Waals surface area contributed by atoms with Gasteiger partial charge in [0.2, 0.25) is 0 Å². The van der Waals surface area contributed by atoms with Gasteiger partial charge in [-0.05, 0) is 26.0 Å². The maximum absolute atomic E-state index is 11.9. The number of morpholine rings is 1. The molecule has 0 saturated carbocycles. The van der Waals surface area contributed by atoms with Crippen molar-refractivity contribution in [3.8, 4) is 5.75 Å². The van der Waals surface area contributed by atoms with Crippen LogP contribution in [0, 0.1) is 0 Å². The first-order valence-electron chi connectivity index (χ1n) is 6.50. The summed E-state index contributed by atoms with van der Waals surface area (Å²) in [7, 11) is 0. The molecule has 0 unspecified atom stereocenters. The van der Waals surface area contributed by atoms with Gasteiger partial charge in [-0.3, -0.25) is 9.69 Å². The number of nitrogens with zero attached hydrogens (tertiary/aromatic N) is 1. The first-order valence-corrected chi connectivity index (χ1v) is 6.50. The molecule has 2 N–H and O–H groups in total. The number of phenolic OH excluding ortho intramolecular Hbond substituents is 1. The fraction of sp³-hybridized carbons (Fsp3) is 0.500. The maximum atomic E-state index is 11.9. The second kappa shape index (κ2) is 6.04. The van der Waals surface area contributed by atoms with E-state index in [1.165, 1.54) is 6.07 Å². The fourth-order valence-corrected chi connectivity index (χ4v) is 2.36. The number of rotatable bonds is 3. The van der Waals surface area contributed by atoms with E-state index in [0.29, 0.717) is 12.2 Å². The number of nitrogens with one attached hydrogen (secondary N) is 1. The Hall–Kier alpha value is -1.59. The zero-order valence-corrected chi connectivity index (χ0v) is 11.3. The predicted molar refractivity (Wildman–Crippen MR) is 72.0 cm³/mol. The summed E-state index contributed by atoms with van der Waals surface area (Å²) in [5, 5.41) is 12.4. The lowest BCUT2D eigenvalue weighted by Gasteiger charge is -2.35. The van der Waals surface area contributed by atoms with Crippen LogP contribution < -0.4 is 5.32 Å².